The highest BCUT2D eigenvalue weighted by Gasteiger charge is 2.60. The highest BCUT2D eigenvalue weighted by atomic mass is 16.7. The zero-order valence-corrected chi connectivity index (χ0v) is 11.9. The summed E-state index contributed by atoms with van der Waals surface area (Å²) in [6.07, 6.45) is 6.22. The highest BCUT2D eigenvalue weighted by molar-refractivity contribution is 5.74. The molecule has 1 saturated heterocycles. The maximum absolute atomic E-state index is 11.8. The Balaban J connectivity index is 2.12. The molecule has 3 atom stereocenters. The number of hydrogen-bond acceptors (Lipinski definition) is 4. The molecular weight excluding hydrogens is 244 g/mol. The van der Waals surface area contributed by atoms with E-state index in [1.54, 1.807) is 13.8 Å². The van der Waals surface area contributed by atoms with E-state index < -0.39 is 11.9 Å². The van der Waals surface area contributed by atoms with Crippen molar-refractivity contribution in [2.45, 2.75) is 57.8 Å². The Kier molecular flexibility index (Phi) is 4.31. The van der Waals surface area contributed by atoms with Crippen molar-refractivity contribution in [1.82, 2.24) is 0 Å². The Morgan fingerprint density at radius 2 is 2.26 bits per heavy atom. The number of carbonyl (C=O) groups excluding carboxylic acids is 1. The second kappa shape index (κ2) is 5.63. The molecular formula is C15H24O4. The van der Waals surface area contributed by atoms with Crippen molar-refractivity contribution >= 4 is 5.97 Å². The predicted octanol–water partition coefficient (Wildman–Crippen LogP) is 2.82. The van der Waals surface area contributed by atoms with E-state index in [0.29, 0.717) is 13.2 Å². The van der Waals surface area contributed by atoms with Crippen LogP contribution in [-0.4, -0.2) is 31.1 Å². The number of fused-ring (bicyclic) bond motifs is 1. The van der Waals surface area contributed by atoms with Gasteiger partial charge in [0.2, 0.25) is 0 Å². The third-order valence-corrected chi connectivity index (χ3v) is 4.41. The van der Waals surface area contributed by atoms with Crippen LogP contribution in [0.25, 0.3) is 0 Å². The van der Waals surface area contributed by atoms with Gasteiger partial charge in [-0.05, 0) is 39.5 Å². The molecule has 2 aliphatic rings. The largest absolute Gasteiger partial charge is 0.464 e. The lowest BCUT2D eigenvalue weighted by atomic mass is 9.77. The van der Waals surface area contributed by atoms with Gasteiger partial charge in [-0.25, -0.2) is 4.79 Å². The summed E-state index contributed by atoms with van der Waals surface area (Å²) in [7, 11) is 0. The second-order valence-electron chi connectivity index (χ2n) is 5.49. The van der Waals surface area contributed by atoms with Gasteiger partial charge >= 0.3 is 5.97 Å². The van der Waals surface area contributed by atoms with E-state index in [1.807, 2.05) is 6.08 Å². The fourth-order valence-electron chi connectivity index (χ4n) is 3.51. The van der Waals surface area contributed by atoms with E-state index in [0.717, 1.165) is 32.1 Å². The van der Waals surface area contributed by atoms with E-state index >= 15 is 0 Å². The summed E-state index contributed by atoms with van der Waals surface area (Å²) < 4.78 is 17.0. The highest BCUT2D eigenvalue weighted by Crippen LogP contribution is 2.58. The Morgan fingerprint density at radius 1 is 1.47 bits per heavy atom. The van der Waals surface area contributed by atoms with Crippen LogP contribution in [0.3, 0.4) is 0 Å². The van der Waals surface area contributed by atoms with E-state index in [4.69, 9.17) is 14.2 Å². The minimum absolute atomic E-state index is 0.00446. The molecule has 19 heavy (non-hydrogen) atoms. The van der Waals surface area contributed by atoms with Crippen molar-refractivity contribution in [1.29, 1.82) is 0 Å². The van der Waals surface area contributed by atoms with Gasteiger partial charge in [0, 0.05) is 11.8 Å². The molecule has 1 aliphatic heterocycles. The van der Waals surface area contributed by atoms with Gasteiger partial charge in [0.15, 0.2) is 11.9 Å². The number of ether oxygens (including phenoxy) is 3. The summed E-state index contributed by atoms with van der Waals surface area (Å²) >= 11 is 0. The monoisotopic (exact) mass is 268 g/mol. The van der Waals surface area contributed by atoms with E-state index in [9.17, 15) is 4.79 Å². The summed E-state index contributed by atoms with van der Waals surface area (Å²) in [4.78, 5) is 11.8. The molecule has 0 amide bonds. The molecule has 4 heteroatoms. The zero-order valence-electron chi connectivity index (χ0n) is 11.9. The van der Waals surface area contributed by atoms with Crippen molar-refractivity contribution in [2.75, 3.05) is 13.2 Å². The van der Waals surface area contributed by atoms with Crippen LogP contribution in [0.4, 0.5) is 0 Å². The van der Waals surface area contributed by atoms with Gasteiger partial charge in [-0.1, -0.05) is 6.08 Å². The lowest BCUT2D eigenvalue weighted by molar-refractivity contribution is -0.266. The smallest absolute Gasteiger partial charge is 0.335 e. The Bertz CT molecular complexity index is 340. The van der Waals surface area contributed by atoms with Crippen molar-refractivity contribution in [3.05, 3.63) is 12.7 Å². The maximum Gasteiger partial charge on any atom is 0.335 e. The van der Waals surface area contributed by atoms with Crippen LogP contribution in [0.1, 0.15) is 46.0 Å². The number of carbonyl (C=O) groups is 1. The SMILES string of the molecule is C=CC[C@]12CCC[C@@]1(OC(C)C(=O)OCC)OCC2. The molecule has 0 spiro atoms. The lowest BCUT2D eigenvalue weighted by Crippen LogP contribution is -2.46. The van der Waals surface area contributed by atoms with Crippen LogP contribution in [-0.2, 0) is 19.0 Å². The Hall–Kier alpha value is -0.870. The fraction of sp³-hybridized carbons (Fsp3) is 0.800. The first-order valence-electron chi connectivity index (χ1n) is 7.18. The standard InChI is InChI=1S/C15H24O4/c1-4-7-14-8-6-9-15(14,18-11-10-14)19-12(3)13(16)17-5-2/h4,12H,1,5-11H2,2-3H3/t12?,14-,15+/m1/s1. The Morgan fingerprint density at radius 3 is 2.95 bits per heavy atom. The van der Waals surface area contributed by atoms with Gasteiger partial charge < -0.3 is 14.2 Å². The molecule has 0 aromatic heterocycles. The van der Waals surface area contributed by atoms with Crippen molar-refractivity contribution < 1.29 is 19.0 Å². The van der Waals surface area contributed by atoms with Crippen LogP contribution < -0.4 is 0 Å². The molecule has 2 fully saturated rings. The van der Waals surface area contributed by atoms with Gasteiger partial charge in [-0.3, -0.25) is 0 Å². The first kappa shape index (κ1) is 14.5. The van der Waals surface area contributed by atoms with Crippen LogP contribution >= 0.6 is 0 Å². The topological polar surface area (TPSA) is 44.8 Å². The molecule has 4 nitrogen and oxygen atoms in total. The molecule has 1 aliphatic carbocycles. The van der Waals surface area contributed by atoms with E-state index in [2.05, 4.69) is 6.58 Å². The number of allylic oxidation sites excluding steroid dienone is 1. The number of esters is 1. The van der Waals surface area contributed by atoms with Crippen LogP contribution in [0, 0.1) is 5.41 Å². The normalized spacial score (nSPS) is 34.8. The zero-order chi connectivity index (χ0) is 13.9. The summed E-state index contributed by atoms with van der Waals surface area (Å²) in [5, 5.41) is 0. The molecule has 0 bridgehead atoms. The third kappa shape index (κ3) is 2.43. The quantitative estimate of drug-likeness (QED) is 0.549. The van der Waals surface area contributed by atoms with Crippen LogP contribution in [0.15, 0.2) is 12.7 Å². The minimum atomic E-state index is -0.618. The molecule has 0 aromatic rings. The average Bonchev–Trinajstić information content (AvgIpc) is 2.84. The number of hydrogen-bond donors (Lipinski definition) is 0. The van der Waals surface area contributed by atoms with Crippen molar-refractivity contribution in [2.24, 2.45) is 5.41 Å². The van der Waals surface area contributed by atoms with Crippen molar-refractivity contribution in [3.8, 4) is 0 Å². The first-order valence-corrected chi connectivity index (χ1v) is 7.18. The molecule has 1 unspecified atom stereocenters. The molecule has 0 aromatic carbocycles. The summed E-state index contributed by atoms with van der Waals surface area (Å²) in [6.45, 7) is 8.46. The Labute approximate surface area is 115 Å². The molecule has 2 rings (SSSR count). The summed E-state index contributed by atoms with van der Waals surface area (Å²) in [6, 6.07) is 0. The minimum Gasteiger partial charge on any atom is -0.464 e. The lowest BCUT2D eigenvalue weighted by Gasteiger charge is -2.39. The van der Waals surface area contributed by atoms with E-state index in [-0.39, 0.29) is 11.4 Å². The van der Waals surface area contributed by atoms with Gasteiger partial charge in [0.05, 0.1) is 13.2 Å². The van der Waals surface area contributed by atoms with Gasteiger partial charge in [0.25, 0.3) is 0 Å². The average molecular weight is 268 g/mol. The maximum atomic E-state index is 11.8. The van der Waals surface area contributed by atoms with E-state index in [1.165, 1.54) is 0 Å². The van der Waals surface area contributed by atoms with Crippen molar-refractivity contribution in [3.63, 3.8) is 0 Å². The van der Waals surface area contributed by atoms with Crippen LogP contribution in [0.5, 0.6) is 0 Å². The predicted molar refractivity (Wildman–Crippen MR) is 71.6 cm³/mol. The number of rotatable bonds is 6. The van der Waals surface area contributed by atoms with Crippen LogP contribution in [0.2, 0.25) is 0 Å². The summed E-state index contributed by atoms with van der Waals surface area (Å²) in [5.41, 5.74) is -0.00446. The fourth-order valence-corrected chi connectivity index (χ4v) is 3.51. The first-order chi connectivity index (χ1) is 9.09. The molecule has 0 radical (unpaired) electrons. The van der Waals surface area contributed by atoms with Gasteiger partial charge in [0.1, 0.15) is 0 Å². The molecule has 1 heterocycles. The van der Waals surface area contributed by atoms with Gasteiger partial charge in [-0.2, -0.15) is 0 Å². The van der Waals surface area contributed by atoms with Gasteiger partial charge in [-0.15, -0.1) is 6.58 Å². The second-order valence-corrected chi connectivity index (χ2v) is 5.49. The molecule has 108 valence electrons. The third-order valence-electron chi connectivity index (χ3n) is 4.41. The summed E-state index contributed by atoms with van der Waals surface area (Å²) in [5.74, 6) is -0.931. The molecule has 0 N–H and O–H groups in total. The molecule has 1 saturated carbocycles.